The number of carbonyl (C=O) groups is 1. The zero-order chi connectivity index (χ0) is 6.69. The van der Waals surface area contributed by atoms with Crippen molar-refractivity contribution in [1.82, 2.24) is 9.97 Å². The first kappa shape index (κ1) is 8.51. The molecular weight excluding hydrogens is 134 g/mol. The molecule has 1 heterocycles. The highest BCUT2D eigenvalue weighted by Crippen LogP contribution is 1.90. The number of carbonyl (C=O) groups excluding carboxylic acids is 1. The van der Waals surface area contributed by atoms with Crippen molar-refractivity contribution >= 4 is 12.2 Å². The van der Waals surface area contributed by atoms with E-state index in [1.165, 1.54) is 12.4 Å². The van der Waals surface area contributed by atoms with Crippen LogP contribution in [0.4, 0.5) is 5.95 Å². The van der Waals surface area contributed by atoms with Gasteiger partial charge in [-0.1, -0.05) is 0 Å². The third kappa shape index (κ3) is 1.79. The standard InChI is InChI=1S/C5H5N3O.H2O/c6-5-7-1-4(3-9)2-8-5;/h1-3H,(H2,6,7,8);1H2. The Morgan fingerprint density at radius 3 is 2.30 bits per heavy atom. The molecule has 54 valence electrons. The summed E-state index contributed by atoms with van der Waals surface area (Å²) in [6.07, 6.45) is 3.41. The summed E-state index contributed by atoms with van der Waals surface area (Å²) in [5.74, 6) is 0.181. The molecule has 0 bridgehead atoms. The van der Waals surface area contributed by atoms with Gasteiger partial charge in [0.2, 0.25) is 5.95 Å². The van der Waals surface area contributed by atoms with E-state index in [1.807, 2.05) is 0 Å². The number of anilines is 1. The lowest BCUT2D eigenvalue weighted by molar-refractivity contribution is 0.112. The summed E-state index contributed by atoms with van der Waals surface area (Å²) in [5.41, 5.74) is 5.58. The Morgan fingerprint density at radius 2 is 1.90 bits per heavy atom. The molecule has 0 aliphatic rings. The van der Waals surface area contributed by atoms with E-state index >= 15 is 0 Å². The van der Waals surface area contributed by atoms with Gasteiger partial charge in [-0.3, -0.25) is 4.79 Å². The minimum Gasteiger partial charge on any atom is -0.412 e. The number of nitrogen functional groups attached to an aromatic ring is 1. The summed E-state index contributed by atoms with van der Waals surface area (Å²) in [6, 6.07) is 0. The quantitative estimate of drug-likeness (QED) is 0.509. The monoisotopic (exact) mass is 141 g/mol. The number of hydrogen-bond donors (Lipinski definition) is 1. The lowest BCUT2D eigenvalue weighted by Gasteiger charge is -1.87. The molecule has 0 saturated heterocycles. The highest BCUT2D eigenvalue weighted by atomic mass is 16.1. The molecule has 1 aromatic rings. The van der Waals surface area contributed by atoms with E-state index in [2.05, 4.69) is 9.97 Å². The number of rotatable bonds is 1. The van der Waals surface area contributed by atoms with Crippen molar-refractivity contribution in [2.45, 2.75) is 0 Å². The Bertz CT molecular complexity index is 209. The lowest BCUT2D eigenvalue weighted by Crippen LogP contribution is -1.94. The van der Waals surface area contributed by atoms with Crippen LogP contribution in [0.15, 0.2) is 12.4 Å². The smallest absolute Gasteiger partial charge is 0.219 e. The van der Waals surface area contributed by atoms with Crippen LogP contribution in [-0.2, 0) is 0 Å². The fourth-order valence-electron chi connectivity index (χ4n) is 0.409. The second-order valence-corrected chi connectivity index (χ2v) is 1.49. The molecule has 0 atom stereocenters. The molecule has 0 saturated carbocycles. The van der Waals surface area contributed by atoms with Crippen molar-refractivity contribution in [1.29, 1.82) is 0 Å². The van der Waals surface area contributed by atoms with Gasteiger partial charge in [-0.2, -0.15) is 0 Å². The van der Waals surface area contributed by atoms with Crippen molar-refractivity contribution in [3.8, 4) is 0 Å². The fraction of sp³-hybridized carbons (Fsp3) is 0. The van der Waals surface area contributed by atoms with E-state index in [1.54, 1.807) is 0 Å². The van der Waals surface area contributed by atoms with Crippen LogP contribution in [-0.4, -0.2) is 21.7 Å². The van der Waals surface area contributed by atoms with Crippen molar-refractivity contribution in [3.05, 3.63) is 18.0 Å². The van der Waals surface area contributed by atoms with E-state index in [0.29, 0.717) is 11.8 Å². The molecule has 5 nitrogen and oxygen atoms in total. The maximum atomic E-state index is 10.00. The van der Waals surface area contributed by atoms with Crippen LogP contribution in [0, 0.1) is 0 Å². The SMILES string of the molecule is Nc1ncc(C=O)cn1.O. The molecule has 0 amide bonds. The molecule has 4 N–H and O–H groups in total. The number of aldehydes is 1. The van der Waals surface area contributed by atoms with Crippen LogP contribution >= 0.6 is 0 Å². The van der Waals surface area contributed by atoms with Gasteiger partial charge in [0.15, 0.2) is 6.29 Å². The van der Waals surface area contributed by atoms with E-state index < -0.39 is 0 Å². The molecule has 0 fully saturated rings. The molecule has 0 radical (unpaired) electrons. The van der Waals surface area contributed by atoms with Crippen molar-refractivity contribution in [2.24, 2.45) is 0 Å². The van der Waals surface area contributed by atoms with E-state index in [-0.39, 0.29) is 11.4 Å². The minimum absolute atomic E-state index is 0. The molecule has 0 aliphatic heterocycles. The van der Waals surface area contributed by atoms with Gasteiger partial charge in [0.1, 0.15) is 0 Å². The summed E-state index contributed by atoms with van der Waals surface area (Å²) in [7, 11) is 0. The van der Waals surface area contributed by atoms with Gasteiger partial charge in [0, 0.05) is 12.4 Å². The highest BCUT2D eigenvalue weighted by molar-refractivity contribution is 5.73. The van der Waals surface area contributed by atoms with Crippen LogP contribution in [0.2, 0.25) is 0 Å². The predicted molar refractivity (Wildman–Crippen MR) is 35.4 cm³/mol. The lowest BCUT2D eigenvalue weighted by atomic mass is 10.4. The molecule has 0 spiro atoms. The van der Waals surface area contributed by atoms with Gasteiger partial charge in [-0.15, -0.1) is 0 Å². The van der Waals surface area contributed by atoms with Gasteiger partial charge in [-0.25, -0.2) is 9.97 Å². The Hall–Kier alpha value is -1.49. The van der Waals surface area contributed by atoms with Crippen molar-refractivity contribution in [3.63, 3.8) is 0 Å². The van der Waals surface area contributed by atoms with Crippen LogP contribution in [0.3, 0.4) is 0 Å². The minimum atomic E-state index is 0. The number of aromatic nitrogens is 2. The molecule has 5 heteroatoms. The summed E-state index contributed by atoms with van der Waals surface area (Å²) in [4.78, 5) is 17.2. The van der Waals surface area contributed by atoms with Gasteiger partial charge in [0.25, 0.3) is 0 Å². The average Bonchev–Trinajstić information content (AvgIpc) is 1.90. The summed E-state index contributed by atoms with van der Waals surface area (Å²) >= 11 is 0. The van der Waals surface area contributed by atoms with Crippen LogP contribution in [0.5, 0.6) is 0 Å². The first-order valence-corrected chi connectivity index (χ1v) is 2.35. The third-order valence-corrected chi connectivity index (χ3v) is 0.828. The summed E-state index contributed by atoms with van der Waals surface area (Å²) in [6.45, 7) is 0. The molecule has 0 unspecified atom stereocenters. The average molecular weight is 141 g/mol. The van der Waals surface area contributed by atoms with Crippen LogP contribution in [0.1, 0.15) is 10.4 Å². The van der Waals surface area contributed by atoms with Crippen molar-refractivity contribution < 1.29 is 10.3 Å². The van der Waals surface area contributed by atoms with Crippen LogP contribution < -0.4 is 5.73 Å². The summed E-state index contributed by atoms with van der Waals surface area (Å²) < 4.78 is 0. The van der Waals surface area contributed by atoms with Crippen LogP contribution in [0.25, 0.3) is 0 Å². The fourth-order valence-corrected chi connectivity index (χ4v) is 0.409. The van der Waals surface area contributed by atoms with Gasteiger partial charge in [-0.05, 0) is 0 Å². The third-order valence-electron chi connectivity index (χ3n) is 0.828. The maximum absolute atomic E-state index is 10.00. The number of nitrogens with two attached hydrogens (primary N) is 1. The molecule has 0 aromatic carbocycles. The normalized spacial score (nSPS) is 8.00. The molecular formula is C5H7N3O2. The molecule has 1 rings (SSSR count). The van der Waals surface area contributed by atoms with E-state index in [9.17, 15) is 4.79 Å². The maximum Gasteiger partial charge on any atom is 0.219 e. The molecule has 0 aliphatic carbocycles. The van der Waals surface area contributed by atoms with Gasteiger partial charge in [0.05, 0.1) is 5.56 Å². The van der Waals surface area contributed by atoms with Gasteiger partial charge >= 0.3 is 0 Å². The Balaban J connectivity index is 0.000000810. The zero-order valence-corrected chi connectivity index (χ0v) is 5.11. The van der Waals surface area contributed by atoms with E-state index in [4.69, 9.17) is 5.73 Å². The first-order chi connectivity index (χ1) is 4.33. The largest absolute Gasteiger partial charge is 0.412 e. The topological polar surface area (TPSA) is 100 Å². The first-order valence-electron chi connectivity index (χ1n) is 2.35. The second kappa shape index (κ2) is 3.52. The predicted octanol–water partition coefficient (Wildman–Crippen LogP) is -0.953. The highest BCUT2D eigenvalue weighted by Gasteiger charge is 1.88. The number of hydrogen-bond acceptors (Lipinski definition) is 4. The molecule has 1 aromatic heterocycles. The second-order valence-electron chi connectivity index (χ2n) is 1.49. The van der Waals surface area contributed by atoms with Gasteiger partial charge < -0.3 is 11.2 Å². The summed E-state index contributed by atoms with van der Waals surface area (Å²) in [5, 5.41) is 0. The van der Waals surface area contributed by atoms with Crippen molar-refractivity contribution in [2.75, 3.05) is 5.73 Å². The Kier molecular flexibility index (Phi) is 2.99. The Labute approximate surface area is 57.2 Å². The molecule has 10 heavy (non-hydrogen) atoms. The Morgan fingerprint density at radius 1 is 1.40 bits per heavy atom. The number of nitrogens with zero attached hydrogens (tertiary/aromatic N) is 2. The van der Waals surface area contributed by atoms with E-state index in [0.717, 1.165) is 0 Å². The zero-order valence-electron chi connectivity index (χ0n) is 5.11.